The van der Waals surface area contributed by atoms with Crippen LogP contribution in [0.5, 0.6) is 0 Å². The van der Waals surface area contributed by atoms with Crippen molar-refractivity contribution < 1.29 is 37.4 Å². The van der Waals surface area contributed by atoms with Gasteiger partial charge in [-0.15, -0.1) is 0 Å². The van der Waals surface area contributed by atoms with Crippen LogP contribution in [0, 0.1) is 5.41 Å². The standard InChI is InChI=1S/C19H29N3O3.C2HF3O2/c1-25-15-14-22-11-3-7-19(18(22)24)8-12-21(13-9-19)17(23)6-5-16-4-2-10-20-16;3-2(4,5)1(6)7/h2,4,10,20H,3,5-9,11-15H2,1H3;(H,6,7). The molecule has 2 N–H and O–H groups in total. The largest absolute Gasteiger partial charge is 0.490 e. The van der Waals surface area contributed by atoms with Gasteiger partial charge in [-0.25, -0.2) is 4.79 Å². The summed E-state index contributed by atoms with van der Waals surface area (Å²) in [5.74, 6) is -2.29. The van der Waals surface area contributed by atoms with Gasteiger partial charge in [0.05, 0.1) is 12.0 Å². The molecule has 0 aliphatic carbocycles. The van der Waals surface area contributed by atoms with Crippen LogP contribution in [0.1, 0.15) is 37.8 Å². The number of rotatable bonds is 6. The molecule has 0 atom stereocenters. The number of alkyl halides is 3. The number of carbonyl (C=O) groups is 3. The second kappa shape index (κ2) is 11.3. The molecule has 2 fully saturated rings. The van der Waals surface area contributed by atoms with E-state index < -0.39 is 12.1 Å². The fraction of sp³-hybridized carbons (Fsp3) is 0.667. The maximum Gasteiger partial charge on any atom is 0.490 e. The summed E-state index contributed by atoms with van der Waals surface area (Å²) in [5.41, 5.74) is 0.848. The van der Waals surface area contributed by atoms with Crippen LogP contribution >= 0.6 is 0 Å². The van der Waals surface area contributed by atoms with E-state index in [0.29, 0.717) is 32.7 Å². The van der Waals surface area contributed by atoms with Crippen LogP contribution in [0.15, 0.2) is 18.3 Å². The van der Waals surface area contributed by atoms with Crippen LogP contribution in [-0.2, 0) is 25.5 Å². The topological polar surface area (TPSA) is 103 Å². The fourth-order valence-electron chi connectivity index (χ4n) is 4.14. The van der Waals surface area contributed by atoms with E-state index in [1.165, 1.54) is 0 Å². The number of methoxy groups -OCH3 is 1. The fourth-order valence-corrected chi connectivity index (χ4v) is 4.14. The van der Waals surface area contributed by atoms with Crippen LogP contribution < -0.4 is 0 Å². The number of ether oxygens (including phenoxy) is 1. The molecule has 2 aliphatic heterocycles. The Labute approximate surface area is 184 Å². The van der Waals surface area contributed by atoms with E-state index in [2.05, 4.69) is 4.98 Å². The molecular formula is C21H30F3N3O5. The van der Waals surface area contributed by atoms with Crippen molar-refractivity contribution in [2.24, 2.45) is 5.41 Å². The van der Waals surface area contributed by atoms with Crippen molar-refractivity contribution in [1.29, 1.82) is 0 Å². The zero-order valence-corrected chi connectivity index (χ0v) is 18.1. The van der Waals surface area contributed by atoms with Gasteiger partial charge in [0.25, 0.3) is 0 Å². The molecule has 2 aliphatic rings. The SMILES string of the molecule is COCCN1CCCC2(CCN(C(=O)CCc3ccc[nH]3)CC2)C1=O.O=C(O)C(F)(F)F. The summed E-state index contributed by atoms with van der Waals surface area (Å²) in [6.07, 6.45) is 1.68. The number of likely N-dealkylation sites (tertiary alicyclic amines) is 2. The first-order valence-corrected chi connectivity index (χ1v) is 10.6. The third-order valence-electron chi connectivity index (χ3n) is 5.98. The van der Waals surface area contributed by atoms with Crippen molar-refractivity contribution in [1.82, 2.24) is 14.8 Å². The highest BCUT2D eigenvalue weighted by Crippen LogP contribution is 2.41. The first-order chi connectivity index (χ1) is 15.1. The highest BCUT2D eigenvalue weighted by molar-refractivity contribution is 5.84. The zero-order chi connectivity index (χ0) is 23.8. The number of hydrogen-bond donors (Lipinski definition) is 2. The quantitative estimate of drug-likeness (QED) is 0.678. The highest BCUT2D eigenvalue weighted by Gasteiger charge is 2.46. The van der Waals surface area contributed by atoms with Crippen LogP contribution in [0.25, 0.3) is 0 Å². The average Bonchev–Trinajstić information content (AvgIpc) is 3.27. The summed E-state index contributed by atoms with van der Waals surface area (Å²) in [5, 5.41) is 7.12. The summed E-state index contributed by atoms with van der Waals surface area (Å²) in [4.78, 5) is 41.3. The number of carbonyl (C=O) groups excluding carboxylic acids is 2. The van der Waals surface area contributed by atoms with E-state index in [-0.39, 0.29) is 17.2 Å². The number of carboxylic acid groups (broad SMARTS) is 1. The van der Waals surface area contributed by atoms with Crippen LogP contribution in [0.2, 0.25) is 0 Å². The van der Waals surface area contributed by atoms with Crippen LogP contribution in [0.3, 0.4) is 0 Å². The van der Waals surface area contributed by atoms with Gasteiger partial charge in [-0.1, -0.05) is 0 Å². The zero-order valence-electron chi connectivity index (χ0n) is 18.1. The number of nitrogens with zero attached hydrogens (tertiary/aromatic N) is 2. The second-order valence-electron chi connectivity index (χ2n) is 8.05. The number of piperidine rings is 2. The van der Waals surface area contributed by atoms with E-state index in [1.807, 2.05) is 28.1 Å². The molecule has 0 bridgehead atoms. The molecule has 3 rings (SSSR count). The minimum Gasteiger partial charge on any atom is -0.475 e. The summed E-state index contributed by atoms with van der Waals surface area (Å²) in [7, 11) is 1.67. The number of carboxylic acids is 1. The molecule has 0 aromatic carbocycles. The van der Waals surface area contributed by atoms with Gasteiger partial charge in [0.15, 0.2) is 0 Å². The van der Waals surface area contributed by atoms with Crippen molar-refractivity contribution in [3.8, 4) is 0 Å². The third kappa shape index (κ3) is 6.98. The van der Waals surface area contributed by atoms with Crippen molar-refractivity contribution in [3.63, 3.8) is 0 Å². The van der Waals surface area contributed by atoms with Gasteiger partial charge < -0.3 is 24.6 Å². The normalized spacial score (nSPS) is 18.3. The van der Waals surface area contributed by atoms with Crippen molar-refractivity contribution >= 4 is 17.8 Å². The minimum atomic E-state index is -5.08. The third-order valence-corrected chi connectivity index (χ3v) is 5.98. The monoisotopic (exact) mass is 461 g/mol. The smallest absolute Gasteiger partial charge is 0.475 e. The molecule has 8 nitrogen and oxygen atoms in total. The lowest BCUT2D eigenvalue weighted by atomic mass is 9.71. The molecule has 0 saturated carbocycles. The van der Waals surface area contributed by atoms with Gasteiger partial charge in [-0.3, -0.25) is 9.59 Å². The summed E-state index contributed by atoms with van der Waals surface area (Å²) in [6.45, 7) is 3.50. The lowest BCUT2D eigenvalue weighted by molar-refractivity contribution is -0.192. The molecule has 3 heterocycles. The Hall–Kier alpha value is -2.56. The molecule has 0 unspecified atom stereocenters. The van der Waals surface area contributed by atoms with E-state index in [1.54, 1.807) is 7.11 Å². The molecule has 180 valence electrons. The number of aromatic amines is 1. The van der Waals surface area contributed by atoms with Gasteiger partial charge >= 0.3 is 12.1 Å². The molecule has 1 spiro atoms. The maximum absolute atomic E-state index is 12.9. The van der Waals surface area contributed by atoms with Crippen molar-refractivity contribution in [2.45, 2.75) is 44.7 Å². The van der Waals surface area contributed by atoms with Gasteiger partial charge in [0, 0.05) is 51.6 Å². The molecule has 2 amide bonds. The van der Waals surface area contributed by atoms with E-state index in [0.717, 1.165) is 44.3 Å². The summed E-state index contributed by atoms with van der Waals surface area (Å²) >= 11 is 0. The van der Waals surface area contributed by atoms with Gasteiger partial charge in [-0.05, 0) is 44.2 Å². The Morgan fingerprint density at radius 3 is 2.41 bits per heavy atom. The van der Waals surface area contributed by atoms with Crippen molar-refractivity contribution in [2.75, 3.05) is 39.9 Å². The van der Waals surface area contributed by atoms with E-state index in [4.69, 9.17) is 14.6 Å². The second-order valence-corrected chi connectivity index (χ2v) is 8.05. The first-order valence-electron chi connectivity index (χ1n) is 10.6. The summed E-state index contributed by atoms with van der Waals surface area (Å²) < 4.78 is 36.9. The Bertz CT molecular complexity index is 759. The Balaban J connectivity index is 0.000000451. The molecular weight excluding hydrogens is 431 g/mol. The number of aliphatic carboxylic acids is 1. The van der Waals surface area contributed by atoms with Gasteiger partial charge in [0.1, 0.15) is 0 Å². The molecule has 11 heteroatoms. The number of amides is 2. The number of H-pyrrole nitrogens is 1. The van der Waals surface area contributed by atoms with Crippen LogP contribution in [0.4, 0.5) is 13.2 Å². The number of halogens is 3. The lowest BCUT2D eigenvalue weighted by Gasteiger charge is -2.46. The molecule has 2 saturated heterocycles. The van der Waals surface area contributed by atoms with Gasteiger partial charge in [-0.2, -0.15) is 13.2 Å². The predicted molar refractivity (Wildman–Crippen MR) is 109 cm³/mol. The number of aromatic nitrogens is 1. The van der Waals surface area contributed by atoms with Crippen molar-refractivity contribution in [3.05, 3.63) is 24.0 Å². The van der Waals surface area contributed by atoms with E-state index in [9.17, 15) is 22.8 Å². The number of aryl methyl sites for hydroxylation is 1. The van der Waals surface area contributed by atoms with Crippen LogP contribution in [-0.4, -0.2) is 83.7 Å². The molecule has 1 aromatic rings. The van der Waals surface area contributed by atoms with Gasteiger partial charge in [0.2, 0.25) is 11.8 Å². The average molecular weight is 461 g/mol. The molecule has 0 radical (unpaired) electrons. The highest BCUT2D eigenvalue weighted by atomic mass is 19.4. The maximum atomic E-state index is 12.9. The Morgan fingerprint density at radius 1 is 1.22 bits per heavy atom. The number of hydrogen-bond acceptors (Lipinski definition) is 4. The molecule has 1 aromatic heterocycles. The molecule has 32 heavy (non-hydrogen) atoms. The Morgan fingerprint density at radius 2 is 1.88 bits per heavy atom. The Kier molecular flexibility index (Phi) is 9.11. The minimum absolute atomic E-state index is 0.198. The summed E-state index contributed by atoms with van der Waals surface area (Å²) in [6, 6.07) is 3.96. The van der Waals surface area contributed by atoms with E-state index >= 15 is 0 Å². The first kappa shape index (κ1) is 25.7. The predicted octanol–water partition coefficient (Wildman–Crippen LogP) is 2.46. The number of nitrogens with one attached hydrogen (secondary N) is 1. The lowest BCUT2D eigenvalue weighted by Crippen LogP contribution is -2.54.